The Morgan fingerprint density at radius 2 is 2.07 bits per heavy atom. The van der Waals surface area contributed by atoms with Gasteiger partial charge in [-0.25, -0.2) is 8.42 Å². The van der Waals surface area contributed by atoms with E-state index < -0.39 is 15.5 Å². The fraction of sp³-hybridized carbons (Fsp3) is 0.688. The van der Waals surface area contributed by atoms with Gasteiger partial charge in [0.2, 0.25) is 0 Å². The van der Waals surface area contributed by atoms with E-state index in [0.717, 1.165) is 0 Å². The van der Waals surface area contributed by atoms with Crippen molar-refractivity contribution in [2.75, 3.05) is 26.2 Å². The maximum atomic E-state index is 12.6. The molecule has 1 aliphatic rings. The van der Waals surface area contributed by atoms with Gasteiger partial charge < -0.3 is 10.6 Å². The minimum absolute atomic E-state index is 0.0529. The normalized spacial score (nSPS) is 19.1. The fourth-order valence-electron chi connectivity index (χ4n) is 2.83. The highest BCUT2D eigenvalue weighted by atomic mass is 32.2. The Kier molecular flexibility index (Phi) is 7.52. The molecule has 1 fully saturated rings. The van der Waals surface area contributed by atoms with Gasteiger partial charge in [0, 0.05) is 31.1 Å². The highest BCUT2D eigenvalue weighted by molar-refractivity contribution is 7.90. The largest absolute Gasteiger partial charge is 0.511 e. The van der Waals surface area contributed by atoms with Crippen LogP contribution in [0, 0.1) is 5.92 Å². The maximum absolute atomic E-state index is 12.6. The summed E-state index contributed by atoms with van der Waals surface area (Å²) < 4.78 is 61.3. The summed E-state index contributed by atoms with van der Waals surface area (Å²) >= 11 is 1.64. The van der Waals surface area contributed by atoms with Crippen LogP contribution in [0.25, 0.3) is 0 Å². The van der Waals surface area contributed by atoms with E-state index in [4.69, 9.17) is 0 Å². The number of sulfonamides is 1. The first-order valence-electron chi connectivity index (χ1n) is 8.79. The third-order valence-corrected chi connectivity index (χ3v) is 7.07. The summed E-state index contributed by atoms with van der Waals surface area (Å²) in [5.41, 5.74) is -5.24. The number of guanidine groups is 1. The van der Waals surface area contributed by atoms with Gasteiger partial charge in [0.15, 0.2) is 5.96 Å². The second kappa shape index (κ2) is 9.24. The molecule has 154 valence electrons. The number of nitrogens with zero attached hydrogens (tertiary/aromatic N) is 2. The minimum atomic E-state index is -5.24. The van der Waals surface area contributed by atoms with Gasteiger partial charge in [-0.2, -0.15) is 17.5 Å². The van der Waals surface area contributed by atoms with Crippen molar-refractivity contribution >= 4 is 27.3 Å². The SMILES string of the molecule is CCNC(=NCC1CCN(S(=O)(=O)C(F)(F)F)CC1)NC(C)c1cccs1. The highest BCUT2D eigenvalue weighted by Gasteiger charge is 2.50. The standard InChI is InChI=1S/C16H25F3N4O2S2/c1-3-20-15(22-12(2)14-5-4-10-26-14)21-11-13-6-8-23(9-7-13)27(24,25)16(17,18)19/h4-5,10,12-13H,3,6-9,11H2,1-2H3,(H2,20,21,22). The van der Waals surface area contributed by atoms with Crippen LogP contribution in [0.3, 0.4) is 0 Å². The Balaban J connectivity index is 1.90. The van der Waals surface area contributed by atoms with Crippen LogP contribution in [0.1, 0.15) is 37.6 Å². The molecule has 1 aromatic heterocycles. The Hall–Kier alpha value is -1.33. The van der Waals surface area contributed by atoms with Crippen molar-refractivity contribution in [3.63, 3.8) is 0 Å². The average Bonchev–Trinajstić information content (AvgIpc) is 3.14. The van der Waals surface area contributed by atoms with Crippen molar-refractivity contribution in [3.8, 4) is 0 Å². The van der Waals surface area contributed by atoms with Gasteiger partial charge in [0.05, 0.1) is 6.04 Å². The van der Waals surface area contributed by atoms with Gasteiger partial charge in [-0.15, -0.1) is 11.3 Å². The first-order valence-corrected chi connectivity index (χ1v) is 11.1. The molecule has 1 saturated heterocycles. The number of thiophene rings is 1. The highest BCUT2D eigenvalue weighted by Crippen LogP contribution is 2.30. The number of aliphatic imine (C=N–C) groups is 1. The zero-order valence-corrected chi connectivity index (χ0v) is 16.9. The van der Waals surface area contributed by atoms with Crippen LogP contribution in [0.2, 0.25) is 0 Å². The van der Waals surface area contributed by atoms with Crippen molar-refractivity contribution in [1.29, 1.82) is 0 Å². The molecule has 0 aliphatic carbocycles. The van der Waals surface area contributed by atoms with Crippen LogP contribution in [-0.4, -0.2) is 50.4 Å². The van der Waals surface area contributed by atoms with Crippen molar-refractivity contribution < 1.29 is 21.6 Å². The molecular weight excluding hydrogens is 401 g/mol. The predicted octanol–water partition coefficient (Wildman–Crippen LogP) is 2.93. The number of halogens is 3. The Bertz CT molecular complexity index is 713. The molecule has 6 nitrogen and oxygen atoms in total. The smallest absolute Gasteiger partial charge is 0.357 e. The Morgan fingerprint density at radius 1 is 1.41 bits per heavy atom. The van der Waals surface area contributed by atoms with E-state index in [2.05, 4.69) is 15.6 Å². The summed E-state index contributed by atoms with van der Waals surface area (Å²) in [7, 11) is -5.23. The maximum Gasteiger partial charge on any atom is 0.511 e. The third kappa shape index (κ3) is 5.82. The van der Waals surface area contributed by atoms with Crippen LogP contribution in [0.15, 0.2) is 22.5 Å². The average molecular weight is 427 g/mol. The summed E-state index contributed by atoms with van der Waals surface area (Å²) in [6.07, 6.45) is 0.720. The number of hydrogen-bond acceptors (Lipinski definition) is 4. The molecule has 0 bridgehead atoms. The second-order valence-electron chi connectivity index (χ2n) is 6.39. The van der Waals surface area contributed by atoms with E-state index in [9.17, 15) is 21.6 Å². The molecule has 0 spiro atoms. The lowest BCUT2D eigenvalue weighted by Gasteiger charge is -2.31. The summed E-state index contributed by atoms with van der Waals surface area (Å²) in [6, 6.07) is 4.09. The van der Waals surface area contributed by atoms with Gasteiger partial charge in [0.25, 0.3) is 0 Å². The monoisotopic (exact) mass is 426 g/mol. The number of piperidine rings is 1. The quantitative estimate of drug-likeness (QED) is 0.542. The van der Waals surface area contributed by atoms with E-state index in [0.29, 0.717) is 36.2 Å². The lowest BCUT2D eigenvalue weighted by molar-refractivity contribution is -0.0496. The molecule has 1 atom stereocenters. The number of alkyl halides is 3. The molecule has 0 radical (unpaired) electrons. The van der Waals surface area contributed by atoms with Crippen LogP contribution in [0.4, 0.5) is 13.2 Å². The van der Waals surface area contributed by atoms with Crippen molar-refractivity contribution in [2.24, 2.45) is 10.9 Å². The van der Waals surface area contributed by atoms with E-state index >= 15 is 0 Å². The van der Waals surface area contributed by atoms with Crippen LogP contribution in [0.5, 0.6) is 0 Å². The van der Waals surface area contributed by atoms with Crippen LogP contribution >= 0.6 is 11.3 Å². The van der Waals surface area contributed by atoms with Crippen LogP contribution < -0.4 is 10.6 Å². The summed E-state index contributed by atoms with van der Waals surface area (Å²) in [6.45, 7) is 4.85. The van der Waals surface area contributed by atoms with E-state index in [1.807, 2.05) is 31.4 Å². The number of rotatable bonds is 6. The molecule has 0 saturated carbocycles. The van der Waals surface area contributed by atoms with E-state index in [-0.39, 0.29) is 25.0 Å². The lowest BCUT2D eigenvalue weighted by atomic mass is 9.98. The van der Waals surface area contributed by atoms with Gasteiger partial charge >= 0.3 is 15.5 Å². The van der Waals surface area contributed by atoms with Crippen LogP contribution in [-0.2, 0) is 10.0 Å². The minimum Gasteiger partial charge on any atom is -0.357 e. The van der Waals surface area contributed by atoms with Crippen molar-refractivity contribution in [3.05, 3.63) is 22.4 Å². The van der Waals surface area contributed by atoms with E-state index in [1.54, 1.807) is 11.3 Å². The first-order chi connectivity index (χ1) is 12.6. The zero-order valence-electron chi connectivity index (χ0n) is 15.3. The molecule has 0 amide bonds. The molecule has 1 aliphatic heterocycles. The molecule has 2 N–H and O–H groups in total. The topological polar surface area (TPSA) is 73.8 Å². The van der Waals surface area contributed by atoms with E-state index in [1.165, 1.54) is 4.88 Å². The summed E-state index contributed by atoms with van der Waals surface area (Å²) in [5, 5.41) is 8.46. The van der Waals surface area contributed by atoms with Gasteiger partial charge in [-0.3, -0.25) is 4.99 Å². The van der Waals surface area contributed by atoms with Gasteiger partial charge in [-0.1, -0.05) is 6.07 Å². The summed E-state index contributed by atoms with van der Waals surface area (Å²) in [4.78, 5) is 5.70. The predicted molar refractivity (Wildman–Crippen MR) is 101 cm³/mol. The zero-order chi connectivity index (χ0) is 20.1. The third-order valence-electron chi connectivity index (χ3n) is 4.38. The van der Waals surface area contributed by atoms with Crippen molar-refractivity contribution in [1.82, 2.24) is 14.9 Å². The molecule has 1 unspecified atom stereocenters. The number of nitrogens with one attached hydrogen (secondary N) is 2. The Morgan fingerprint density at radius 3 is 2.59 bits per heavy atom. The molecule has 0 aromatic carbocycles. The Labute approximate surface area is 161 Å². The molecule has 11 heteroatoms. The molecular formula is C16H25F3N4O2S2. The summed E-state index contributed by atoms with van der Waals surface area (Å²) in [5.74, 6) is 0.695. The second-order valence-corrected chi connectivity index (χ2v) is 9.30. The molecule has 2 heterocycles. The fourth-order valence-corrected chi connectivity index (χ4v) is 4.55. The molecule has 27 heavy (non-hydrogen) atoms. The van der Waals surface area contributed by atoms with Gasteiger partial charge in [0.1, 0.15) is 0 Å². The lowest BCUT2D eigenvalue weighted by Crippen LogP contribution is -2.45. The first kappa shape index (κ1) is 22.0. The van der Waals surface area contributed by atoms with Crippen molar-refractivity contribution in [2.45, 2.75) is 38.2 Å². The number of hydrogen-bond donors (Lipinski definition) is 2. The molecule has 2 rings (SSSR count). The van der Waals surface area contributed by atoms with Gasteiger partial charge in [-0.05, 0) is 44.1 Å². The molecule has 1 aromatic rings.